The average Bonchev–Trinajstić information content (AvgIpc) is 3.32. The summed E-state index contributed by atoms with van der Waals surface area (Å²) in [6.07, 6.45) is 6.49. The number of carbonyl (C=O) groups excluding carboxylic acids is 2. The Morgan fingerprint density at radius 2 is 1.59 bits per heavy atom. The summed E-state index contributed by atoms with van der Waals surface area (Å²) >= 11 is 0. The van der Waals surface area contributed by atoms with Crippen LogP contribution in [0.2, 0.25) is 0 Å². The van der Waals surface area contributed by atoms with Crippen molar-refractivity contribution < 1.29 is 9.59 Å². The lowest BCUT2D eigenvalue weighted by Gasteiger charge is -2.26. The van der Waals surface area contributed by atoms with E-state index in [9.17, 15) is 14.9 Å². The fourth-order valence-electron chi connectivity index (χ4n) is 6.22. The third kappa shape index (κ3) is 5.42. The molecule has 1 atom stereocenters. The zero-order valence-electron chi connectivity index (χ0n) is 22.8. The van der Waals surface area contributed by atoms with Gasteiger partial charge in [0, 0.05) is 29.0 Å². The van der Waals surface area contributed by atoms with Crippen LogP contribution in [0.15, 0.2) is 115 Å². The van der Waals surface area contributed by atoms with Crippen LogP contribution >= 0.6 is 0 Å². The summed E-state index contributed by atoms with van der Waals surface area (Å²) in [5, 5.41) is 12.2. The first-order chi connectivity index (χ1) is 20.0. The van der Waals surface area contributed by atoms with E-state index in [0.29, 0.717) is 29.8 Å². The topological polar surface area (TPSA) is 73.2 Å². The highest BCUT2D eigenvalue weighted by molar-refractivity contribution is 6.09. The van der Waals surface area contributed by atoms with Crippen LogP contribution in [-0.2, 0) is 6.42 Å². The molecule has 1 heterocycles. The van der Waals surface area contributed by atoms with E-state index in [1.54, 1.807) is 24.3 Å². The minimum atomic E-state index is -0.198. The van der Waals surface area contributed by atoms with Gasteiger partial charge in [-0.1, -0.05) is 78.4 Å². The van der Waals surface area contributed by atoms with Crippen LogP contribution in [0.4, 0.5) is 11.4 Å². The number of nitrogens with zero attached hydrogens (tertiary/aromatic N) is 2. The maximum Gasteiger partial charge on any atom is 0.258 e. The first kappa shape index (κ1) is 26.3. The van der Waals surface area contributed by atoms with Gasteiger partial charge in [-0.05, 0) is 84.2 Å². The lowest BCUT2D eigenvalue weighted by Crippen LogP contribution is -2.33. The number of nitriles is 1. The lowest BCUT2D eigenvalue weighted by molar-refractivity contribution is 0.0984. The second-order valence-corrected chi connectivity index (χ2v) is 11.0. The Morgan fingerprint density at radius 1 is 0.854 bits per heavy atom. The van der Waals surface area contributed by atoms with E-state index in [1.165, 1.54) is 5.57 Å². The van der Waals surface area contributed by atoms with E-state index in [1.807, 2.05) is 77.7 Å². The summed E-state index contributed by atoms with van der Waals surface area (Å²) < 4.78 is 0. The number of amides is 2. The molecule has 2 aliphatic rings. The molecule has 1 N–H and O–H groups in total. The SMILES string of the molecule is N#CCC1=CC2(CC1)CCN(C(=O)c1ccc(NC(=O)c3ccccc3-c3ccccc3)cc1)c1ccccc1C2. The van der Waals surface area contributed by atoms with Gasteiger partial charge in [0.1, 0.15) is 0 Å². The molecule has 0 saturated heterocycles. The van der Waals surface area contributed by atoms with Gasteiger partial charge in [-0.15, -0.1) is 0 Å². The summed E-state index contributed by atoms with van der Waals surface area (Å²) in [7, 11) is 0. The smallest absolute Gasteiger partial charge is 0.258 e. The molecular formula is C36H31N3O2. The standard InChI is InChI=1S/C36H31N3O2/c37-22-19-26-18-20-36(24-26)21-23-39(33-13-7-4-10-29(33)25-36)35(41)28-14-16-30(17-15-28)38-34(40)32-12-6-5-11-31(32)27-8-2-1-3-9-27/h1-17,24H,18-21,23,25H2,(H,38,40). The number of hydrogen-bond donors (Lipinski definition) is 1. The van der Waals surface area contributed by atoms with Crippen molar-refractivity contribution in [3.8, 4) is 17.2 Å². The van der Waals surface area contributed by atoms with Crippen LogP contribution in [0.1, 0.15) is 52.0 Å². The molecule has 0 aromatic heterocycles. The van der Waals surface area contributed by atoms with Gasteiger partial charge >= 0.3 is 0 Å². The Kier molecular flexibility index (Phi) is 7.22. The van der Waals surface area contributed by atoms with Crippen molar-refractivity contribution in [3.63, 3.8) is 0 Å². The first-order valence-electron chi connectivity index (χ1n) is 14.1. The zero-order chi connectivity index (χ0) is 28.2. The van der Waals surface area contributed by atoms with Crippen LogP contribution in [0.25, 0.3) is 11.1 Å². The van der Waals surface area contributed by atoms with Crippen molar-refractivity contribution in [1.82, 2.24) is 0 Å². The number of para-hydroxylation sites is 1. The van der Waals surface area contributed by atoms with Gasteiger partial charge in [0.2, 0.25) is 0 Å². The molecule has 2 amide bonds. The molecule has 1 spiro atoms. The molecule has 0 saturated carbocycles. The Labute approximate surface area is 240 Å². The number of hydrogen-bond acceptors (Lipinski definition) is 3. The number of rotatable bonds is 5. The van der Waals surface area contributed by atoms with Crippen LogP contribution in [-0.4, -0.2) is 18.4 Å². The van der Waals surface area contributed by atoms with Crippen molar-refractivity contribution in [3.05, 3.63) is 131 Å². The zero-order valence-corrected chi connectivity index (χ0v) is 22.8. The molecule has 0 bridgehead atoms. The van der Waals surface area contributed by atoms with Crippen molar-refractivity contribution >= 4 is 23.2 Å². The molecular weight excluding hydrogens is 506 g/mol. The minimum absolute atomic E-state index is 0.0124. The Hall–Kier alpha value is -4.95. The highest BCUT2D eigenvalue weighted by Gasteiger charge is 2.37. The molecule has 5 nitrogen and oxygen atoms in total. The molecule has 41 heavy (non-hydrogen) atoms. The third-order valence-corrected chi connectivity index (χ3v) is 8.31. The van der Waals surface area contributed by atoms with Gasteiger partial charge in [0.15, 0.2) is 0 Å². The second kappa shape index (κ2) is 11.3. The highest BCUT2D eigenvalue weighted by Crippen LogP contribution is 2.46. The van der Waals surface area contributed by atoms with E-state index in [-0.39, 0.29) is 17.2 Å². The van der Waals surface area contributed by atoms with Gasteiger partial charge in [0.25, 0.3) is 11.8 Å². The van der Waals surface area contributed by atoms with E-state index < -0.39 is 0 Å². The van der Waals surface area contributed by atoms with Gasteiger partial charge in [-0.2, -0.15) is 5.26 Å². The summed E-state index contributed by atoms with van der Waals surface area (Å²) in [4.78, 5) is 28.9. The molecule has 202 valence electrons. The van der Waals surface area contributed by atoms with Crippen LogP contribution < -0.4 is 10.2 Å². The summed E-state index contributed by atoms with van der Waals surface area (Å²) in [5.74, 6) is -0.253. The maximum atomic E-state index is 13.8. The van der Waals surface area contributed by atoms with Crippen LogP contribution in [0, 0.1) is 16.7 Å². The van der Waals surface area contributed by atoms with Gasteiger partial charge in [0.05, 0.1) is 12.5 Å². The molecule has 0 radical (unpaired) electrons. The molecule has 1 unspecified atom stereocenters. The van der Waals surface area contributed by atoms with Gasteiger partial charge in [-0.25, -0.2) is 0 Å². The van der Waals surface area contributed by atoms with E-state index in [0.717, 1.165) is 48.1 Å². The second-order valence-electron chi connectivity index (χ2n) is 11.0. The van der Waals surface area contributed by atoms with Crippen LogP contribution in [0.3, 0.4) is 0 Å². The van der Waals surface area contributed by atoms with Crippen molar-refractivity contribution in [2.45, 2.75) is 32.1 Å². The minimum Gasteiger partial charge on any atom is -0.322 e. The number of nitrogens with one attached hydrogen (secondary N) is 1. The molecule has 1 aliphatic carbocycles. The first-order valence-corrected chi connectivity index (χ1v) is 14.1. The largest absolute Gasteiger partial charge is 0.322 e. The van der Waals surface area contributed by atoms with E-state index in [2.05, 4.69) is 23.5 Å². The number of carbonyl (C=O) groups is 2. The predicted octanol–water partition coefficient (Wildman–Crippen LogP) is 7.82. The number of benzene rings is 4. The number of anilines is 2. The fourth-order valence-corrected chi connectivity index (χ4v) is 6.22. The molecule has 4 aromatic rings. The average molecular weight is 538 g/mol. The third-order valence-electron chi connectivity index (χ3n) is 8.31. The molecule has 0 fully saturated rings. The Morgan fingerprint density at radius 3 is 2.39 bits per heavy atom. The van der Waals surface area contributed by atoms with Crippen molar-refractivity contribution in [2.24, 2.45) is 5.41 Å². The normalized spacial score (nSPS) is 17.7. The molecule has 4 aromatic carbocycles. The van der Waals surface area contributed by atoms with E-state index in [4.69, 9.17) is 0 Å². The summed E-state index contributed by atoms with van der Waals surface area (Å²) in [6, 6.07) is 35.0. The Balaban J connectivity index is 1.20. The molecule has 6 rings (SSSR count). The molecule has 1 aliphatic heterocycles. The van der Waals surface area contributed by atoms with Gasteiger partial charge < -0.3 is 10.2 Å². The quantitative estimate of drug-likeness (QED) is 0.264. The lowest BCUT2D eigenvalue weighted by atomic mass is 9.79. The highest BCUT2D eigenvalue weighted by atomic mass is 16.2. The predicted molar refractivity (Wildman–Crippen MR) is 163 cm³/mol. The van der Waals surface area contributed by atoms with Crippen molar-refractivity contribution in [1.29, 1.82) is 5.26 Å². The van der Waals surface area contributed by atoms with E-state index >= 15 is 0 Å². The molecule has 5 heteroatoms. The monoisotopic (exact) mass is 537 g/mol. The Bertz CT molecular complexity index is 1670. The summed E-state index contributed by atoms with van der Waals surface area (Å²) in [5.41, 5.74) is 6.96. The fraction of sp³-hybridized carbons (Fsp3) is 0.194. The van der Waals surface area contributed by atoms with Gasteiger partial charge in [-0.3, -0.25) is 9.59 Å². The van der Waals surface area contributed by atoms with Crippen molar-refractivity contribution in [2.75, 3.05) is 16.8 Å². The van der Waals surface area contributed by atoms with Crippen LogP contribution in [0.5, 0.6) is 0 Å². The summed E-state index contributed by atoms with van der Waals surface area (Å²) in [6.45, 7) is 0.612. The maximum absolute atomic E-state index is 13.8. The number of allylic oxidation sites excluding steroid dienone is 2. The number of fused-ring (bicyclic) bond motifs is 1.